The van der Waals surface area contributed by atoms with Gasteiger partial charge in [0.25, 0.3) is 5.71 Å². The van der Waals surface area contributed by atoms with E-state index < -0.39 is 0 Å². The quantitative estimate of drug-likeness (QED) is 0.355. The fraction of sp³-hybridized carbons (Fsp3) is 0.240. The normalized spacial score (nSPS) is 11.2. The number of anilines is 1. The number of fused-ring (bicyclic) bond motifs is 1. The van der Waals surface area contributed by atoms with E-state index in [1.165, 1.54) is 5.56 Å². The third-order valence-corrected chi connectivity index (χ3v) is 5.81. The van der Waals surface area contributed by atoms with E-state index in [-0.39, 0.29) is 0 Å². The van der Waals surface area contributed by atoms with Gasteiger partial charge in [0.15, 0.2) is 5.82 Å². The highest BCUT2D eigenvalue weighted by Gasteiger charge is 2.17. The Hall–Kier alpha value is -4.07. The van der Waals surface area contributed by atoms with Gasteiger partial charge in [0.1, 0.15) is 0 Å². The fourth-order valence-electron chi connectivity index (χ4n) is 4.12. The standard InChI is InChI=1S/C25H25N7O/c1-3-4-15-32(22-13-14-26-25-23(22)17(2)29-33-25)16-18-9-11-19(12-10-18)20-7-5-6-8-21(20)24-27-30-31-28-24/h5-14H,3-4,15-16H2,1-2H3,(H,27,28,30,31). The Morgan fingerprint density at radius 2 is 1.82 bits per heavy atom. The van der Waals surface area contributed by atoms with Crippen molar-refractivity contribution in [2.75, 3.05) is 11.4 Å². The highest BCUT2D eigenvalue weighted by Crippen LogP contribution is 2.32. The molecule has 0 aliphatic rings. The summed E-state index contributed by atoms with van der Waals surface area (Å²) in [5, 5.41) is 19.5. The Balaban J connectivity index is 1.45. The van der Waals surface area contributed by atoms with Crippen LogP contribution in [0.1, 0.15) is 31.0 Å². The van der Waals surface area contributed by atoms with Crippen LogP contribution in [-0.2, 0) is 6.54 Å². The van der Waals surface area contributed by atoms with Crippen molar-refractivity contribution in [3.05, 3.63) is 72.1 Å². The van der Waals surface area contributed by atoms with E-state index >= 15 is 0 Å². The number of aromatic amines is 1. The summed E-state index contributed by atoms with van der Waals surface area (Å²) in [6, 6.07) is 18.9. The highest BCUT2D eigenvalue weighted by atomic mass is 16.5. The zero-order valence-electron chi connectivity index (χ0n) is 18.7. The Morgan fingerprint density at radius 1 is 1.00 bits per heavy atom. The molecule has 3 aromatic heterocycles. The second-order valence-corrected chi connectivity index (χ2v) is 8.05. The summed E-state index contributed by atoms with van der Waals surface area (Å²) in [5.74, 6) is 0.659. The van der Waals surface area contributed by atoms with E-state index in [4.69, 9.17) is 4.52 Å². The highest BCUT2D eigenvalue weighted by molar-refractivity contribution is 5.90. The molecule has 0 bridgehead atoms. The van der Waals surface area contributed by atoms with Crippen LogP contribution < -0.4 is 4.90 Å². The molecule has 0 saturated carbocycles. The molecule has 166 valence electrons. The molecule has 5 aromatic rings. The summed E-state index contributed by atoms with van der Waals surface area (Å²) in [7, 11) is 0. The van der Waals surface area contributed by atoms with Gasteiger partial charge in [-0.15, -0.1) is 5.10 Å². The van der Waals surface area contributed by atoms with Gasteiger partial charge in [-0.1, -0.05) is 67.0 Å². The molecule has 0 amide bonds. The average molecular weight is 440 g/mol. The Bertz CT molecular complexity index is 1340. The van der Waals surface area contributed by atoms with Crippen LogP contribution >= 0.6 is 0 Å². The summed E-state index contributed by atoms with van der Waals surface area (Å²) in [5.41, 5.74) is 6.96. The number of unbranched alkanes of at least 4 members (excludes halogenated alkanes) is 1. The maximum atomic E-state index is 5.40. The lowest BCUT2D eigenvalue weighted by Gasteiger charge is -2.25. The largest absolute Gasteiger partial charge is 0.366 e. The summed E-state index contributed by atoms with van der Waals surface area (Å²) in [6.45, 7) is 5.91. The summed E-state index contributed by atoms with van der Waals surface area (Å²) >= 11 is 0. The molecule has 0 aliphatic heterocycles. The lowest BCUT2D eigenvalue weighted by atomic mass is 9.98. The van der Waals surface area contributed by atoms with Gasteiger partial charge < -0.3 is 9.42 Å². The SMILES string of the molecule is CCCCN(Cc1ccc(-c2ccccc2-c2nnn[nH]2)cc1)c1ccnc2onc(C)c12. The number of H-pyrrole nitrogens is 1. The van der Waals surface area contributed by atoms with Gasteiger partial charge in [-0.3, -0.25) is 0 Å². The molecule has 0 radical (unpaired) electrons. The van der Waals surface area contributed by atoms with Crippen molar-refractivity contribution in [2.45, 2.75) is 33.2 Å². The maximum absolute atomic E-state index is 5.40. The zero-order chi connectivity index (χ0) is 22.6. The van der Waals surface area contributed by atoms with Crippen LogP contribution in [0.2, 0.25) is 0 Å². The number of pyridine rings is 1. The number of aromatic nitrogens is 6. The maximum Gasteiger partial charge on any atom is 0.260 e. The molecule has 8 nitrogen and oxygen atoms in total. The van der Waals surface area contributed by atoms with Crippen molar-refractivity contribution in [1.82, 2.24) is 30.8 Å². The second-order valence-electron chi connectivity index (χ2n) is 8.05. The molecule has 5 rings (SSSR count). The lowest BCUT2D eigenvalue weighted by Crippen LogP contribution is -2.24. The van der Waals surface area contributed by atoms with E-state index in [0.29, 0.717) is 11.5 Å². The predicted molar refractivity (Wildman–Crippen MR) is 128 cm³/mol. The molecule has 0 fully saturated rings. The first-order valence-electron chi connectivity index (χ1n) is 11.1. The second kappa shape index (κ2) is 9.20. The average Bonchev–Trinajstić information content (AvgIpc) is 3.53. The number of nitrogens with one attached hydrogen (secondary N) is 1. The molecule has 0 spiro atoms. The Labute approximate surface area is 191 Å². The van der Waals surface area contributed by atoms with Gasteiger partial charge >= 0.3 is 0 Å². The molecule has 0 aliphatic carbocycles. The molecule has 3 heterocycles. The number of benzene rings is 2. The number of hydrogen-bond acceptors (Lipinski definition) is 7. The first-order chi connectivity index (χ1) is 16.2. The van der Waals surface area contributed by atoms with Gasteiger partial charge in [-0.05, 0) is 46.5 Å². The van der Waals surface area contributed by atoms with Crippen molar-refractivity contribution in [2.24, 2.45) is 0 Å². The molecular formula is C25H25N7O. The van der Waals surface area contributed by atoms with E-state index in [2.05, 4.69) is 79.0 Å². The van der Waals surface area contributed by atoms with Crippen LogP contribution in [0.4, 0.5) is 5.69 Å². The van der Waals surface area contributed by atoms with Crippen molar-refractivity contribution >= 4 is 16.8 Å². The third-order valence-electron chi connectivity index (χ3n) is 5.81. The number of nitrogens with zero attached hydrogens (tertiary/aromatic N) is 6. The minimum Gasteiger partial charge on any atom is -0.366 e. The summed E-state index contributed by atoms with van der Waals surface area (Å²) in [4.78, 5) is 6.72. The van der Waals surface area contributed by atoms with E-state index in [9.17, 15) is 0 Å². The Morgan fingerprint density at radius 3 is 2.58 bits per heavy atom. The van der Waals surface area contributed by atoms with E-state index in [1.54, 1.807) is 6.20 Å². The van der Waals surface area contributed by atoms with Gasteiger partial charge in [-0.2, -0.15) is 0 Å². The van der Waals surface area contributed by atoms with Gasteiger partial charge in [0.2, 0.25) is 0 Å². The monoisotopic (exact) mass is 439 g/mol. The van der Waals surface area contributed by atoms with Crippen molar-refractivity contribution < 1.29 is 4.52 Å². The molecule has 0 atom stereocenters. The molecular weight excluding hydrogens is 414 g/mol. The van der Waals surface area contributed by atoms with Crippen molar-refractivity contribution in [1.29, 1.82) is 0 Å². The number of aryl methyl sites for hydroxylation is 1. The molecule has 1 N–H and O–H groups in total. The fourth-order valence-corrected chi connectivity index (χ4v) is 4.12. The molecule has 8 heteroatoms. The van der Waals surface area contributed by atoms with Crippen LogP contribution in [-0.4, -0.2) is 37.3 Å². The molecule has 33 heavy (non-hydrogen) atoms. The minimum absolute atomic E-state index is 0.584. The van der Waals surface area contributed by atoms with Gasteiger partial charge in [0.05, 0.1) is 16.8 Å². The van der Waals surface area contributed by atoms with Gasteiger partial charge in [-0.25, -0.2) is 10.1 Å². The number of hydrogen-bond donors (Lipinski definition) is 1. The van der Waals surface area contributed by atoms with Crippen LogP contribution in [0.5, 0.6) is 0 Å². The smallest absolute Gasteiger partial charge is 0.260 e. The van der Waals surface area contributed by atoms with Crippen LogP contribution in [0.25, 0.3) is 33.6 Å². The topological polar surface area (TPSA) is 96.6 Å². The van der Waals surface area contributed by atoms with Crippen molar-refractivity contribution in [3.8, 4) is 22.5 Å². The first-order valence-corrected chi connectivity index (χ1v) is 11.1. The van der Waals surface area contributed by atoms with Crippen LogP contribution in [0.15, 0.2) is 65.3 Å². The molecule has 2 aromatic carbocycles. The van der Waals surface area contributed by atoms with E-state index in [0.717, 1.165) is 59.4 Å². The lowest BCUT2D eigenvalue weighted by molar-refractivity contribution is 0.443. The van der Waals surface area contributed by atoms with Crippen LogP contribution in [0, 0.1) is 6.92 Å². The Kier molecular flexibility index (Phi) is 5.80. The zero-order valence-corrected chi connectivity index (χ0v) is 18.7. The van der Waals surface area contributed by atoms with Crippen LogP contribution in [0.3, 0.4) is 0 Å². The number of rotatable bonds is 8. The molecule has 0 saturated heterocycles. The van der Waals surface area contributed by atoms with E-state index in [1.807, 2.05) is 25.1 Å². The summed E-state index contributed by atoms with van der Waals surface area (Å²) < 4.78 is 5.40. The predicted octanol–water partition coefficient (Wildman–Crippen LogP) is 5.19. The first kappa shape index (κ1) is 20.8. The summed E-state index contributed by atoms with van der Waals surface area (Å²) in [6.07, 6.45) is 4.02. The van der Waals surface area contributed by atoms with Gasteiger partial charge in [0, 0.05) is 24.8 Å². The number of tetrazole rings is 1. The van der Waals surface area contributed by atoms with Crippen molar-refractivity contribution in [3.63, 3.8) is 0 Å². The molecule has 0 unspecified atom stereocenters. The minimum atomic E-state index is 0.584. The third kappa shape index (κ3) is 4.19.